The van der Waals surface area contributed by atoms with Crippen LogP contribution in [0.1, 0.15) is 5.56 Å². The molecule has 4 nitrogen and oxygen atoms in total. The van der Waals surface area contributed by atoms with Crippen LogP contribution in [0.15, 0.2) is 24.3 Å². The first-order valence-corrected chi connectivity index (χ1v) is 6.47. The normalized spacial score (nSPS) is 18.5. The lowest BCUT2D eigenvalue weighted by atomic mass is 10.1. The van der Waals surface area contributed by atoms with E-state index in [0.717, 1.165) is 23.6 Å². The quantitative estimate of drug-likeness (QED) is 0.884. The van der Waals surface area contributed by atoms with Gasteiger partial charge < -0.3 is 15.4 Å². The van der Waals surface area contributed by atoms with Crippen LogP contribution in [0.5, 0.6) is 0 Å². The first-order chi connectivity index (χ1) is 8.75. The number of carbonyl (C=O) groups excluding carboxylic acids is 1. The second-order valence-electron chi connectivity index (χ2n) is 4.25. The van der Waals surface area contributed by atoms with Crippen LogP contribution in [-0.2, 0) is 16.0 Å². The first kappa shape index (κ1) is 16.2. The van der Waals surface area contributed by atoms with E-state index >= 15 is 0 Å². The molecule has 0 saturated carbocycles. The predicted molar refractivity (Wildman–Crippen MR) is 78.0 cm³/mol. The number of ether oxygens (including phenoxy) is 1. The summed E-state index contributed by atoms with van der Waals surface area (Å²) in [5.74, 6) is 0.00339. The number of hydrogen-bond donors (Lipinski definition) is 2. The lowest BCUT2D eigenvalue weighted by molar-refractivity contribution is -0.125. The second kappa shape index (κ2) is 8.38. The van der Waals surface area contributed by atoms with Crippen molar-refractivity contribution in [2.75, 3.05) is 26.3 Å². The van der Waals surface area contributed by atoms with E-state index in [2.05, 4.69) is 10.6 Å². The van der Waals surface area contributed by atoms with Crippen molar-refractivity contribution in [2.45, 2.75) is 12.5 Å². The molecular formula is C13H18Cl2N2O2. The molecule has 6 heteroatoms. The van der Waals surface area contributed by atoms with E-state index in [1.165, 1.54) is 0 Å². The Labute approximate surface area is 124 Å². The van der Waals surface area contributed by atoms with Crippen molar-refractivity contribution < 1.29 is 9.53 Å². The maximum absolute atomic E-state index is 11.8. The van der Waals surface area contributed by atoms with E-state index in [1.54, 1.807) is 0 Å². The monoisotopic (exact) mass is 304 g/mol. The summed E-state index contributed by atoms with van der Waals surface area (Å²) in [6.07, 6.45) is 0.802. The van der Waals surface area contributed by atoms with Crippen molar-refractivity contribution in [2.24, 2.45) is 0 Å². The Kier molecular flexibility index (Phi) is 7.16. The van der Waals surface area contributed by atoms with Crippen molar-refractivity contribution in [1.29, 1.82) is 0 Å². The Morgan fingerprint density at radius 3 is 2.79 bits per heavy atom. The number of hydrogen-bond acceptors (Lipinski definition) is 3. The minimum Gasteiger partial charge on any atom is -0.378 e. The van der Waals surface area contributed by atoms with E-state index in [4.69, 9.17) is 16.3 Å². The van der Waals surface area contributed by atoms with Crippen LogP contribution in [0, 0.1) is 0 Å². The van der Waals surface area contributed by atoms with Crippen LogP contribution in [0.4, 0.5) is 0 Å². The summed E-state index contributed by atoms with van der Waals surface area (Å²) in [6, 6.07) is 7.43. The highest BCUT2D eigenvalue weighted by Gasteiger charge is 2.20. The van der Waals surface area contributed by atoms with E-state index in [0.29, 0.717) is 19.8 Å². The zero-order valence-corrected chi connectivity index (χ0v) is 12.1. The molecule has 2 N–H and O–H groups in total. The number of halogens is 2. The van der Waals surface area contributed by atoms with Gasteiger partial charge in [0, 0.05) is 18.1 Å². The molecule has 19 heavy (non-hydrogen) atoms. The third kappa shape index (κ3) is 5.37. The van der Waals surface area contributed by atoms with Crippen LogP contribution in [0.2, 0.25) is 5.02 Å². The van der Waals surface area contributed by atoms with Gasteiger partial charge in [-0.05, 0) is 24.1 Å². The standard InChI is InChI=1S/C13H17ClN2O2.ClH/c14-11-3-1-10(2-4-11)5-6-16-13(17)12-9-18-8-7-15-12;/h1-4,12,15H,5-9H2,(H,16,17);1H. The smallest absolute Gasteiger partial charge is 0.239 e. The van der Waals surface area contributed by atoms with Gasteiger partial charge in [-0.1, -0.05) is 23.7 Å². The van der Waals surface area contributed by atoms with Crippen LogP contribution in [0.25, 0.3) is 0 Å². The summed E-state index contributed by atoms with van der Waals surface area (Å²) < 4.78 is 5.24. The van der Waals surface area contributed by atoms with Crippen LogP contribution >= 0.6 is 24.0 Å². The molecule has 0 bridgehead atoms. The summed E-state index contributed by atoms with van der Waals surface area (Å²) in [5.41, 5.74) is 1.16. The lowest BCUT2D eigenvalue weighted by Crippen LogP contribution is -2.51. The Morgan fingerprint density at radius 2 is 2.16 bits per heavy atom. The minimum atomic E-state index is -0.219. The van der Waals surface area contributed by atoms with Crippen molar-refractivity contribution in [3.63, 3.8) is 0 Å². The average Bonchev–Trinajstić information content (AvgIpc) is 2.42. The molecule has 2 rings (SSSR count). The summed E-state index contributed by atoms with van der Waals surface area (Å²) >= 11 is 5.81. The molecule has 1 heterocycles. The van der Waals surface area contributed by atoms with E-state index in [9.17, 15) is 4.79 Å². The summed E-state index contributed by atoms with van der Waals surface area (Å²) in [7, 11) is 0. The Balaban J connectivity index is 0.00000180. The summed E-state index contributed by atoms with van der Waals surface area (Å²) in [4.78, 5) is 11.8. The number of rotatable bonds is 4. The van der Waals surface area contributed by atoms with Crippen LogP contribution in [0.3, 0.4) is 0 Å². The van der Waals surface area contributed by atoms with Crippen LogP contribution in [-0.4, -0.2) is 38.3 Å². The molecule has 106 valence electrons. The molecule has 0 aliphatic carbocycles. The van der Waals surface area contributed by atoms with Gasteiger partial charge >= 0.3 is 0 Å². The Hall–Kier alpha value is -0.810. The van der Waals surface area contributed by atoms with Crippen molar-refractivity contribution in [3.8, 4) is 0 Å². The maximum Gasteiger partial charge on any atom is 0.239 e. The fraction of sp³-hybridized carbons (Fsp3) is 0.462. The fourth-order valence-corrected chi connectivity index (χ4v) is 1.96. The largest absolute Gasteiger partial charge is 0.378 e. The molecule has 0 aromatic heterocycles. The topological polar surface area (TPSA) is 50.4 Å². The number of morpholine rings is 1. The first-order valence-electron chi connectivity index (χ1n) is 6.09. The number of carbonyl (C=O) groups is 1. The van der Waals surface area contributed by atoms with E-state index in [1.807, 2.05) is 24.3 Å². The highest BCUT2D eigenvalue weighted by Crippen LogP contribution is 2.09. The molecule has 0 radical (unpaired) electrons. The Morgan fingerprint density at radius 1 is 1.42 bits per heavy atom. The van der Waals surface area contributed by atoms with Gasteiger partial charge in [-0.25, -0.2) is 0 Å². The number of amides is 1. The lowest BCUT2D eigenvalue weighted by Gasteiger charge is -2.22. The molecule has 1 amide bonds. The SMILES string of the molecule is Cl.O=C(NCCc1ccc(Cl)cc1)C1COCCN1. The molecule has 1 aliphatic rings. The molecule has 1 atom stereocenters. The Bertz CT molecular complexity index is 392. The van der Waals surface area contributed by atoms with Gasteiger partial charge in [0.15, 0.2) is 0 Å². The zero-order chi connectivity index (χ0) is 12.8. The molecular weight excluding hydrogens is 287 g/mol. The molecule has 1 aromatic carbocycles. The highest BCUT2D eigenvalue weighted by atomic mass is 35.5. The van der Waals surface area contributed by atoms with Crippen molar-refractivity contribution >= 4 is 29.9 Å². The molecule has 0 spiro atoms. The minimum absolute atomic E-state index is 0. The van der Waals surface area contributed by atoms with Gasteiger partial charge in [-0.3, -0.25) is 4.79 Å². The predicted octanol–water partition coefficient (Wildman–Crippen LogP) is 1.41. The van der Waals surface area contributed by atoms with Crippen molar-refractivity contribution in [1.82, 2.24) is 10.6 Å². The second-order valence-corrected chi connectivity index (χ2v) is 4.69. The van der Waals surface area contributed by atoms with Gasteiger partial charge in [0.2, 0.25) is 5.91 Å². The van der Waals surface area contributed by atoms with Crippen molar-refractivity contribution in [3.05, 3.63) is 34.9 Å². The number of benzene rings is 1. The van der Waals surface area contributed by atoms with Crippen LogP contribution < -0.4 is 10.6 Å². The van der Waals surface area contributed by atoms with Gasteiger partial charge in [0.1, 0.15) is 6.04 Å². The molecule has 1 saturated heterocycles. The fourth-order valence-electron chi connectivity index (χ4n) is 1.84. The molecule has 1 unspecified atom stereocenters. The van der Waals surface area contributed by atoms with Gasteiger partial charge in [-0.2, -0.15) is 0 Å². The average molecular weight is 305 g/mol. The molecule has 1 aromatic rings. The van der Waals surface area contributed by atoms with Gasteiger partial charge in [-0.15, -0.1) is 12.4 Å². The summed E-state index contributed by atoms with van der Waals surface area (Å²) in [6.45, 7) is 2.48. The number of nitrogens with one attached hydrogen (secondary N) is 2. The zero-order valence-electron chi connectivity index (χ0n) is 10.5. The van der Waals surface area contributed by atoms with Gasteiger partial charge in [0.25, 0.3) is 0 Å². The third-order valence-corrected chi connectivity index (χ3v) is 3.12. The van der Waals surface area contributed by atoms with Gasteiger partial charge in [0.05, 0.1) is 13.2 Å². The third-order valence-electron chi connectivity index (χ3n) is 2.86. The summed E-state index contributed by atoms with van der Waals surface area (Å²) in [5, 5.41) is 6.75. The molecule has 1 fully saturated rings. The maximum atomic E-state index is 11.8. The molecule has 1 aliphatic heterocycles. The van der Waals surface area contributed by atoms with E-state index < -0.39 is 0 Å². The highest BCUT2D eigenvalue weighted by molar-refractivity contribution is 6.30. The van der Waals surface area contributed by atoms with E-state index in [-0.39, 0.29) is 24.4 Å².